The smallest absolute Gasteiger partial charge is 0.282 e. The summed E-state index contributed by atoms with van der Waals surface area (Å²) < 4.78 is 15.4. The summed E-state index contributed by atoms with van der Waals surface area (Å²) in [6.07, 6.45) is 4.40. The van der Waals surface area contributed by atoms with Gasteiger partial charge in [0.1, 0.15) is 5.82 Å². The Morgan fingerprint density at radius 2 is 1.74 bits per heavy atom. The molecular formula is C26H24FN5O2S. The van der Waals surface area contributed by atoms with Crippen molar-refractivity contribution in [1.29, 1.82) is 0 Å². The molecule has 35 heavy (non-hydrogen) atoms. The molecule has 0 radical (unpaired) electrons. The van der Waals surface area contributed by atoms with Crippen molar-refractivity contribution in [1.82, 2.24) is 24.7 Å². The first-order valence-electron chi connectivity index (χ1n) is 11.7. The molecular weight excluding hydrogens is 465 g/mol. The fourth-order valence-electron chi connectivity index (χ4n) is 4.96. The zero-order valence-electron chi connectivity index (χ0n) is 18.9. The van der Waals surface area contributed by atoms with Crippen LogP contribution in [0.15, 0.2) is 66.3 Å². The predicted octanol–water partition coefficient (Wildman–Crippen LogP) is 3.55. The van der Waals surface area contributed by atoms with Gasteiger partial charge in [0, 0.05) is 67.1 Å². The van der Waals surface area contributed by atoms with Crippen LogP contribution in [0.2, 0.25) is 0 Å². The maximum atomic E-state index is 13.4. The van der Waals surface area contributed by atoms with Gasteiger partial charge in [-0.3, -0.25) is 9.59 Å². The van der Waals surface area contributed by atoms with Gasteiger partial charge >= 0.3 is 0 Å². The van der Waals surface area contributed by atoms with Gasteiger partial charge in [0.2, 0.25) is 0 Å². The molecule has 2 saturated heterocycles. The van der Waals surface area contributed by atoms with E-state index in [0.717, 1.165) is 23.0 Å². The van der Waals surface area contributed by atoms with E-state index in [4.69, 9.17) is 0 Å². The summed E-state index contributed by atoms with van der Waals surface area (Å²) in [6.45, 7) is 2.64. The number of likely N-dealkylation sites (tertiary alicyclic amines) is 2. The molecule has 2 aromatic heterocycles. The highest BCUT2D eigenvalue weighted by Crippen LogP contribution is 2.28. The average Bonchev–Trinajstić information content (AvgIpc) is 3.61. The number of rotatable bonds is 5. The molecule has 1 atom stereocenters. The summed E-state index contributed by atoms with van der Waals surface area (Å²) >= 11 is 1.37. The zero-order valence-corrected chi connectivity index (χ0v) is 19.7. The number of carbonyl (C=O) groups excluding carboxylic acids is 2. The Morgan fingerprint density at radius 3 is 2.51 bits per heavy atom. The fraction of sp³-hybridized carbons (Fsp3) is 0.269. The normalized spacial score (nSPS) is 18.3. The van der Waals surface area contributed by atoms with Crippen molar-refractivity contribution in [3.63, 3.8) is 0 Å². The van der Waals surface area contributed by atoms with Crippen molar-refractivity contribution < 1.29 is 14.0 Å². The Kier molecular flexibility index (Phi) is 5.58. The number of carbonyl (C=O) groups is 2. The van der Waals surface area contributed by atoms with Crippen LogP contribution in [0.1, 0.15) is 26.6 Å². The summed E-state index contributed by atoms with van der Waals surface area (Å²) in [5.41, 5.74) is 2.36. The molecule has 2 amide bonds. The minimum atomic E-state index is -0.293. The van der Waals surface area contributed by atoms with E-state index in [1.54, 1.807) is 18.3 Å². The molecule has 0 spiro atoms. The van der Waals surface area contributed by atoms with E-state index in [1.807, 2.05) is 50.2 Å². The first-order chi connectivity index (χ1) is 17.1. The molecule has 4 aromatic rings. The summed E-state index contributed by atoms with van der Waals surface area (Å²) in [5, 5.41) is 6.84. The number of nitrogens with zero attached hydrogens (tertiary/aromatic N) is 4. The second kappa shape index (κ2) is 8.90. The van der Waals surface area contributed by atoms with E-state index in [2.05, 4.69) is 10.3 Å². The lowest BCUT2D eigenvalue weighted by Gasteiger charge is -2.41. The molecule has 0 unspecified atom stereocenters. The molecule has 178 valence electrons. The number of thiazole rings is 1. The number of para-hydroxylation sites is 1. The lowest BCUT2D eigenvalue weighted by atomic mass is 10.0. The number of benzene rings is 2. The molecule has 2 aliphatic rings. The molecule has 4 heterocycles. The van der Waals surface area contributed by atoms with Crippen LogP contribution in [0.4, 0.5) is 4.39 Å². The number of hydrogen-bond acceptors (Lipinski definition) is 5. The molecule has 2 fully saturated rings. The van der Waals surface area contributed by atoms with Crippen molar-refractivity contribution in [2.24, 2.45) is 0 Å². The van der Waals surface area contributed by atoms with Crippen LogP contribution in [0, 0.1) is 5.82 Å². The number of fused-ring (bicyclic) bond motifs is 1. The van der Waals surface area contributed by atoms with Gasteiger partial charge in [0.05, 0.1) is 11.1 Å². The average molecular weight is 490 g/mol. The first-order valence-corrected chi connectivity index (χ1v) is 12.5. The van der Waals surface area contributed by atoms with E-state index in [1.165, 1.54) is 23.5 Å². The molecule has 2 aliphatic heterocycles. The molecule has 0 aliphatic carbocycles. The Morgan fingerprint density at radius 1 is 0.971 bits per heavy atom. The van der Waals surface area contributed by atoms with Gasteiger partial charge in [0.25, 0.3) is 11.8 Å². The fourth-order valence-corrected chi connectivity index (χ4v) is 5.57. The molecule has 0 bridgehead atoms. The summed E-state index contributed by atoms with van der Waals surface area (Å²) in [4.78, 5) is 33.7. The van der Waals surface area contributed by atoms with Crippen LogP contribution in [0.25, 0.3) is 16.6 Å². The van der Waals surface area contributed by atoms with Gasteiger partial charge in [-0.2, -0.15) is 0 Å². The van der Waals surface area contributed by atoms with Crippen LogP contribution in [-0.4, -0.2) is 69.4 Å². The summed E-state index contributed by atoms with van der Waals surface area (Å²) in [5.74, 6) is -0.307. The molecule has 2 aromatic carbocycles. The van der Waals surface area contributed by atoms with Crippen molar-refractivity contribution >= 4 is 34.1 Å². The summed E-state index contributed by atoms with van der Waals surface area (Å²) in [7, 11) is 0. The Balaban J connectivity index is 1.11. The highest BCUT2D eigenvalue weighted by Gasteiger charge is 2.36. The third kappa shape index (κ3) is 4.11. The topological polar surface area (TPSA) is 70.5 Å². The van der Waals surface area contributed by atoms with Crippen molar-refractivity contribution in [2.45, 2.75) is 18.5 Å². The quantitative estimate of drug-likeness (QED) is 0.466. The van der Waals surface area contributed by atoms with Crippen LogP contribution < -0.4 is 5.32 Å². The maximum Gasteiger partial charge on any atom is 0.282 e. The molecule has 7 nitrogen and oxygen atoms in total. The highest BCUT2D eigenvalue weighted by atomic mass is 32.1. The molecule has 6 rings (SSSR count). The zero-order chi connectivity index (χ0) is 23.9. The number of amides is 2. The second-order valence-corrected chi connectivity index (χ2v) is 9.95. The monoisotopic (exact) mass is 489 g/mol. The standard InChI is InChI=1S/C26H24FN5O2S/c27-17-5-7-20(8-6-17)32-16-22(21-3-1-2-4-23(21)32)25(33)31-14-19(15-31)29-18-9-11-30(13-18)26(34)24-28-10-12-35-24/h1-8,10,12,16,18-19,29H,9,11,13-15H2/t18-/m0/s1. The molecule has 9 heteroatoms. The number of nitrogens with one attached hydrogen (secondary N) is 1. The van der Waals surface area contributed by atoms with E-state index >= 15 is 0 Å². The highest BCUT2D eigenvalue weighted by molar-refractivity contribution is 7.11. The largest absolute Gasteiger partial charge is 0.335 e. The Bertz CT molecular complexity index is 1380. The van der Waals surface area contributed by atoms with Gasteiger partial charge in [-0.05, 0) is 36.8 Å². The van der Waals surface area contributed by atoms with Gasteiger partial charge < -0.3 is 19.7 Å². The third-order valence-corrected chi connectivity index (χ3v) is 7.54. The SMILES string of the molecule is O=C(c1nccs1)N1CC[C@H](NC2CN(C(=O)c3cn(-c4ccc(F)cc4)c4ccccc34)C2)C1. The van der Waals surface area contributed by atoms with Gasteiger partial charge in [0.15, 0.2) is 5.01 Å². The van der Waals surface area contributed by atoms with E-state index in [0.29, 0.717) is 36.8 Å². The van der Waals surface area contributed by atoms with Crippen molar-refractivity contribution in [2.75, 3.05) is 26.2 Å². The van der Waals surface area contributed by atoms with E-state index in [9.17, 15) is 14.0 Å². The van der Waals surface area contributed by atoms with Crippen LogP contribution in [0.5, 0.6) is 0 Å². The predicted molar refractivity (Wildman–Crippen MR) is 132 cm³/mol. The lowest BCUT2D eigenvalue weighted by Crippen LogP contribution is -2.62. The van der Waals surface area contributed by atoms with Gasteiger partial charge in [-0.1, -0.05) is 18.2 Å². The lowest BCUT2D eigenvalue weighted by molar-refractivity contribution is 0.0554. The van der Waals surface area contributed by atoms with E-state index in [-0.39, 0.29) is 29.7 Å². The van der Waals surface area contributed by atoms with Crippen LogP contribution >= 0.6 is 11.3 Å². The third-order valence-electron chi connectivity index (χ3n) is 6.78. The van der Waals surface area contributed by atoms with Crippen LogP contribution in [0.3, 0.4) is 0 Å². The number of halogens is 1. The van der Waals surface area contributed by atoms with Gasteiger partial charge in [-0.15, -0.1) is 11.3 Å². The van der Waals surface area contributed by atoms with Crippen LogP contribution in [-0.2, 0) is 0 Å². The number of hydrogen-bond donors (Lipinski definition) is 1. The molecule has 0 saturated carbocycles. The molecule has 1 N–H and O–H groups in total. The van der Waals surface area contributed by atoms with Crippen molar-refractivity contribution in [3.05, 3.63) is 82.7 Å². The Labute approximate surface area is 205 Å². The first kappa shape index (κ1) is 21.9. The van der Waals surface area contributed by atoms with Crippen molar-refractivity contribution in [3.8, 4) is 5.69 Å². The Hall–Kier alpha value is -3.56. The van der Waals surface area contributed by atoms with E-state index < -0.39 is 0 Å². The second-order valence-electron chi connectivity index (χ2n) is 9.05. The van der Waals surface area contributed by atoms with Gasteiger partial charge in [-0.25, -0.2) is 9.37 Å². The summed E-state index contributed by atoms with van der Waals surface area (Å²) in [6, 6.07) is 14.5. The maximum absolute atomic E-state index is 13.4. The minimum Gasteiger partial charge on any atom is -0.335 e. The number of aromatic nitrogens is 2. The minimum absolute atomic E-state index is 0.00717.